The Labute approximate surface area is 225 Å². The third kappa shape index (κ3) is 4.06. The third-order valence-electron chi connectivity index (χ3n) is 8.12. The zero-order valence-electron chi connectivity index (χ0n) is 21.5. The van der Waals surface area contributed by atoms with Crippen LogP contribution in [0.15, 0.2) is 78.9 Å². The molecule has 39 heavy (non-hydrogen) atoms. The molecule has 0 radical (unpaired) electrons. The summed E-state index contributed by atoms with van der Waals surface area (Å²) >= 11 is 0. The Morgan fingerprint density at radius 3 is 2.23 bits per heavy atom. The summed E-state index contributed by atoms with van der Waals surface area (Å²) in [7, 11) is 0. The lowest BCUT2D eigenvalue weighted by Gasteiger charge is -2.39. The molecule has 0 bridgehead atoms. The zero-order chi connectivity index (χ0) is 26.5. The molecule has 2 N–H and O–H groups in total. The number of aromatic nitrogens is 1. The van der Waals surface area contributed by atoms with Crippen LogP contribution in [0.4, 0.5) is 0 Å². The molecule has 2 aliphatic rings. The van der Waals surface area contributed by atoms with Crippen molar-refractivity contribution in [2.24, 2.45) is 0 Å². The topological polar surface area (TPSA) is 85.9 Å². The van der Waals surface area contributed by atoms with Gasteiger partial charge in [0, 0.05) is 58.5 Å². The van der Waals surface area contributed by atoms with Crippen LogP contribution in [0.2, 0.25) is 0 Å². The number of aliphatic hydroxyl groups excluding tert-OH is 1. The van der Waals surface area contributed by atoms with Gasteiger partial charge >= 0.3 is 0 Å². The second-order valence-electron chi connectivity index (χ2n) is 10.5. The minimum absolute atomic E-state index is 0.155. The molecule has 0 aliphatic carbocycles. The maximum absolute atomic E-state index is 13.4. The number of imide groups is 1. The van der Waals surface area contributed by atoms with Gasteiger partial charge in [0.2, 0.25) is 0 Å². The Morgan fingerprint density at radius 1 is 0.821 bits per heavy atom. The van der Waals surface area contributed by atoms with Crippen molar-refractivity contribution in [2.75, 3.05) is 26.2 Å². The predicted molar refractivity (Wildman–Crippen MR) is 151 cm³/mol. The highest BCUT2D eigenvalue weighted by atomic mass is 16.5. The second-order valence-corrected chi connectivity index (χ2v) is 10.5. The summed E-state index contributed by atoms with van der Waals surface area (Å²) < 4.78 is 6.10. The zero-order valence-corrected chi connectivity index (χ0v) is 21.5. The number of nitrogens with zero attached hydrogens (tertiary/aromatic N) is 2. The van der Waals surface area contributed by atoms with E-state index >= 15 is 0 Å². The molecule has 0 saturated carbocycles. The first-order valence-corrected chi connectivity index (χ1v) is 13.5. The lowest BCUT2D eigenvalue weighted by Crippen LogP contribution is -2.52. The van der Waals surface area contributed by atoms with E-state index in [1.165, 1.54) is 4.90 Å². The van der Waals surface area contributed by atoms with Crippen molar-refractivity contribution in [1.82, 2.24) is 14.8 Å². The molecule has 1 atom stereocenters. The molecule has 1 aromatic heterocycles. The minimum Gasteiger partial charge on any atom is -0.490 e. The number of rotatable bonds is 6. The molecule has 0 spiro atoms. The number of nitrogens with one attached hydrogen (secondary N) is 1. The van der Waals surface area contributed by atoms with E-state index in [4.69, 9.17) is 4.74 Å². The van der Waals surface area contributed by atoms with E-state index < -0.39 is 6.10 Å². The molecule has 4 aromatic carbocycles. The molecule has 5 aromatic rings. The predicted octanol–water partition coefficient (Wildman–Crippen LogP) is 4.97. The highest BCUT2D eigenvalue weighted by molar-refractivity contribution is 6.25. The van der Waals surface area contributed by atoms with Crippen molar-refractivity contribution in [3.05, 3.63) is 90.0 Å². The van der Waals surface area contributed by atoms with E-state index in [1.807, 2.05) is 72.8 Å². The van der Waals surface area contributed by atoms with Gasteiger partial charge in [0.15, 0.2) is 0 Å². The van der Waals surface area contributed by atoms with Gasteiger partial charge in [-0.2, -0.15) is 0 Å². The van der Waals surface area contributed by atoms with Crippen molar-refractivity contribution >= 4 is 44.4 Å². The number of likely N-dealkylation sites (tertiary alicyclic amines) is 1. The molecule has 2 aliphatic heterocycles. The number of H-pyrrole nitrogens is 1. The van der Waals surface area contributed by atoms with Crippen LogP contribution in [0.5, 0.6) is 5.75 Å². The number of para-hydroxylation sites is 1. The number of fused-ring (bicyclic) bond motifs is 3. The van der Waals surface area contributed by atoms with Crippen molar-refractivity contribution in [3.63, 3.8) is 0 Å². The van der Waals surface area contributed by atoms with Gasteiger partial charge in [0.05, 0.1) is 5.52 Å². The summed E-state index contributed by atoms with van der Waals surface area (Å²) in [5.41, 5.74) is 3.26. The van der Waals surface area contributed by atoms with Crippen molar-refractivity contribution in [3.8, 4) is 5.75 Å². The monoisotopic (exact) mass is 519 g/mol. The van der Waals surface area contributed by atoms with Gasteiger partial charge in [-0.05, 0) is 48.6 Å². The van der Waals surface area contributed by atoms with Gasteiger partial charge in [-0.15, -0.1) is 0 Å². The van der Waals surface area contributed by atoms with Crippen LogP contribution in [-0.2, 0) is 0 Å². The van der Waals surface area contributed by atoms with Crippen molar-refractivity contribution in [1.29, 1.82) is 0 Å². The first-order chi connectivity index (χ1) is 19.1. The van der Waals surface area contributed by atoms with Crippen molar-refractivity contribution < 1.29 is 19.4 Å². The summed E-state index contributed by atoms with van der Waals surface area (Å²) in [6.07, 6.45) is 0.695. The Kier molecular flexibility index (Phi) is 5.83. The van der Waals surface area contributed by atoms with E-state index in [-0.39, 0.29) is 24.5 Å². The number of benzene rings is 4. The quantitative estimate of drug-likeness (QED) is 0.309. The number of hydrogen-bond donors (Lipinski definition) is 2. The first kappa shape index (κ1) is 23.9. The summed E-state index contributed by atoms with van der Waals surface area (Å²) in [6, 6.07) is 25.1. The average Bonchev–Trinajstić information content (AvgIpc) is 3.35. The Balaban J connectivity index is 0.991. The number of aromatic amines is 1. The molecular formula is C32H29N3O4. The summed E-state index contributed by atoms with van der Waals surface area (Å²) in [6.45, 7) is 2.05. The molecule has 7 rings (SSSR count). The van der Waals surface area contributed by atoms with Crippen LogP contribution < -0.4 is 4.74 Å². The van der Waals surface area contributed by atoms with Crippen molar-refractivity contribution in [2.45, 2.75) is 25.0 Å². The maximum Gasteiger partial charge on any atom is 0.261 e. The number of amides is 2. The molecule has 196 valence electrons. The number of β-amino-alcohol motifs (C(OH)–C–C–N with tert-alkyl or cyclic N) is 1. The van der Waals surface area contributed by atoms with Gasteiger partial charge in [-0.1, -0.05) is 48.5 Å². The molecular weight excluding hydrogens is 490 g/mol. The van der Waals surface area contributed by atoms with Crippen LogP contribution in [0.1, 0.15) is 33.6 Å². The van der Waals surface area contributed by atoms with Gasteiger partial charge in [0.25, 0.3) is 11.8 Å². The summed E-state index contributed by atoms with van der Waals surface area (Å²) in [4.78, 5) is 33.8. The molecule has 2 amide bonds. The summed E-state index contributed by atoms with van der Waals surface area (Å²) in [5.74, 6) is 0.338. The van der Waals surface area contributed by atoms with Gasteiger partial charge in [0.1, 0.15) is 18.5 Å². The number of hydrogen-bond acceptors (Lipinski definition) is 5. The fourth-order valence-corrected chi connectivity index (χ4v) is 6.27. The van der Waals surface area contributed by atoms with Crippen LogP contribution in [-0.4, -0.2) is 70.1 Å². The van der Waals surface area contributed by atoms with Crippen LogP contribution >= 0.6 is 0 Å². The van der Waals surface area contributed by atoms with E-state index in [0.29, 0.717) is 43.6 Å². The van der Waals surface area contributed by atoms with E-state index in [1.54, 1.807) is 0 Å². The van der Waals surface area contributed by atoms with Crippen LogP contribution in [0.3, 0.4) is 0 Å². The number of piperidine rings is 1. The first-order valence-electron chi connectivity index (χ1n) is 13.5. The second kappa shape index (κ2) is 9.52. The lowest BCUT2D eigenvalue weighted by atomic mass is 9.91. The number of carbonyl (C=O) groups is 2. The normalized spacial score (nSPS) is 17.4. The lowest BCUT2D eigenvalue weighted by molar-refractivity contribution is 0.0344. The molecule has 1 unspecified atom stereocenters. The van der Waals surface area contributed by atoms with Crippen LogP contribution in [0.25, 0.3) is 32.6 Å². The highest BCUT2D eigenvalue weighted by Gasteiger charge is 2.38. The smallest absolute Gasteiger partial charge is 0.261 e. The maximum atomic E-state index is 13.4. The number of aliphatic hydroxyl groups is 1. The highest BCUT2D eigenvalue weighted by Crippen LogP contribution is 2.34. The third-order valence-corrected chi connectivity index (χ3v) is 8.12. The molecule has 1 saturated heterocycles. The molecule has 7 nitrogen and oxygen atoms in total. The molecule has 3 heterocycles. The largest absolute Gasteiger partial charge is 0.490 e. The SMILES string of the molecule is O=C1c2cccc3cccc(c23)C(=O)N1C1CCN(CC(O)COc2cccc3[nH]c4ccccc4c23)CC1. The van der Waals surface area contributed by atoms with E-state index in [0.717, 1.165) is 38.3 Å². The molecule has 1 fully saturated rings. The van der Waals surface area contributed by atoms with Gasteiger partial charge < -0.3 is 19.7 Å². The van der Waals surface area contributed by atoms with Crippen LogP contribution in [0, 0.1) is 0 Å². The number of carbonyl (C=O) groups excluding carboxylic acids is 2. The van der Waals surface area contributed by atoms with E-state index in [2.05, 4.69) is 16.0 Å². The molecule has 7 heteroatoms. The standard InChI is InChI=1S/C32H29N3O4/c36-22(19-39-28-13-5-12-27-30(28)23-8-1-2-11-26(23)33-27)18-34-16-14-21(15-17-34)35-31(37)24-9-3-6-20-7-4-10-25(29(20)24)32(35)38/h1-13,21-22,33,36H,14-19H2. The minimum atomic E-state index is -0.662. The fourth-order valence-electron chi connectivity index (χ4n) is 6.27. The van der Waals surface area contributed by atoms with Gasteiger partial charge in [-0.3, -0.25) is 14.5 Å². The fraction of sp³-hybridized carbons (Fsp3) is 0.250. The average molecular weight is 520 g/mol. The Hall–Kier alpha value is -4.20. The summed E-state index contributed by atoms with van der Waals surface area (Å²) in [5, 5.41) is 14.6. The van der Waals surface area contributed by atoms with Gasteiger partial charge in [-0.25, -0.2) is 0 Å². The van der Waals surface area contributed by atoms with E-state index in [9.17, 15) is 14.7 Å². The Bertz CT molecular complexity index is 1680. The Morgan fingerprint density at radius 2 is 1.49 bits per heavy atom. The number of ether oxygens (including phenoxy) is 1.